The Morgan fingerprint density at radius 1 is 0.479 bits per heavy atom. The first-order chi connectivity index (χ1) is 34.8. The molecule has 9 heteroatoms. The molecule has 0 saturated carbocycles. The third kappa shape index (κ3) is 41.6. The van der Waals surface area contributed by atoms with Crippen molar-refractivity contribution in [3.63, 3.8) is 0 Å². The van der Waals surface area contributed by atoms with Crippen molar-refractivity contribution < 1.29 is 39.8 Å². The summed E-state index contributed by atoms with van der Waals surface area (Å²) in [4.78, 5) is 13.1. The van der Waals surface area contributed by atoms with E-state index in [2.05, 4.69) is 43.5 Å². The van der Waals surface area contributed by atoms with Crippen molar-refractivity contribution in [2.45, 2.75) is 352 Å². The fraction of sp³-hybridized carbons (Fsp3) is 0.919. The fourth-order valence-electron chi connectivity index (χ4n) is 10.1. The maximum absolute atomic E-state index is 13.1. The molecule has 1 fully saturated rings. The van der Waals surface area contributed by atoms with Crippen LogP contribution in [0.4, 0.5) is 0 Å². The van der Waals surface area contributed by atoms with Gasteiger partial charge < -0.3 is 40.3 Å². The lowest BCUT2D eigenvalue weighted by molar-refractivity contribution is -0.302. The third-order valence-corrected chi connectivity index (χ3v) is 15.1. The Labute approximate surface area is 439 Å². The molecule has 6 N–H and O–H groups in total. The van der Waals surface area contributed by atoms with Gasteiger partial charge >= 0.3 is 0 Å². The van der Waals surface area contributed by atoms with Gasteiger partial charge in [0.15, 0.2) is 6.29 Å². The Kier molecular flexibility index (Phi) is 49.7. The van der Waals surface area contributed by atoms with Gasteiger partial charge in [-0.05, 0) is 44.9 Å². The van der Waals surface area contributed by atoms with E-state index in [1.54, 1.807) is 0 Å². The van der Waals surface area contributed by atoms with Crippen molar-refractivity contribution in [2.75, 3.05) is 13.2 Å². The molecule has 0 aromatic rings. The number of nitrogens with one attached hydrogen (secondary N) is 1. The number of ether oxygens (including phenoxy) is 2. The maximum Gasteiger partial charge on any atom is 0.220 e. The second-order valence-corrected chi connectivity index (χ2v) is 21.9. The predicted molar refractivity (Wildman–Crippen MR) is 300 cm³/mol. The quantitative estimate of drug-likeness (QED) is 0.0261. The number of aliphatic hydroxyl groups is 5. The van der Waals surface area contributed by atoms with Crippen LogP contribution in [0.15, 0.2) is 24.3 Å². The summed E-state index contributed by atoms with van der Waals surface area (Å²) >= 11 is 0. The van der Waals surface area contributed by atoms with Gasteiger partial charge in [0.25, 0.3) is 0 Å². The van der Waals surface area contributed by atoms with Crippen LogP contribution in [0.1, 0.15) is 309 Å². The molecule has 1 saturated heterocycles. The summed E-state index contributed by atoms with van der Waals surface area (Å²) in [5.41, 5.74) is 0. The van der Waals surface area contributed by atoms with Crippen LogP contribution < -0.4 is 5.32 Å². The lowest BCUT2D eigenvalue weighted by atomic mass is 9.99. The minimum Gasteiger partial charge on any atom is -0.394 e. The van der Waals surface area contributed by atoms with E-state index < -0.39 is 49.5 Å². The lowest BCUT2D eigenvalue weighted by Crippen LogP contribution is -2.60. The van der Waals surface area contributed by atoms with Crippen LogP contribution in [0.5, 0.6) is 0 Å². The number of carbonyl (C=O) groups excluding carboxylic acids is 1. The molecule has 7 unspecified atom stereocenters. The molecule has 1 aliphatic rings. The largest absolute Gasteiger partial charge is 0.394 e. The number of aliphatic hydroxyl groups excluding tert-OH is 5. The van der Waals surface area contributed by atoms with Gasteiger partial charge in [0, 0.05) is 6.42 Å². The van der Waals surface area contributed by atoms with E-state index in [1.807, 2.05) is 0 Å². The van der Waals surface area contributed by atoms with Crippen LogP contribution in [0.3, 0.4) is 0 Å². The normalized spacial score (nSPS) is 19.3. The molecule has 71 heavy (non-hydrogen) atoms. The predicted octanol–water partition coefficient (Wildman–Crippen LogP) is 15.7. The highest BCUT2D eigenvalue weighted by Gasteiger charge is 2.44. The van der Waals surface area contributed by atoms with Gasteiger partial charge in [0.1, 0.15) is 24.4 Å². The first-order valence-corrected chi connectivity index (χ1v) is 31.0. The highest BCUT2D eigenvalue weighted by molar-refractivity contribution is 5.76. The summed E-state index contributed by atoms with van der Waals surface area (Å²) < 4.78 is 11.3. The highest BCUT2D eigenvalue weighted by atomic mass is 16.7. The summed E-state index contributed by atoms with van der Waals surface area (Å²) in [6.07, 6.45) is 59.2. The molecular formula is C62H119NO8. The number of allylic oxidation sites excluding steroid dienone is 4. The van der Waals surface area contributed by atoms with Crippen molar-refractivity contribution in [2.24, 2.45) is 0 Å². The summed E-state index contributed by atoms with van der Waals surface area (Å²) in [5.74, 6) is -0.140. The Bertz CT molecular complexity index is 1170. The molecule has 1 rings (SSSR count). The standard InChI is InChI=1S/C62H119NO8/c1-3-5-7-9-11-13-15-17-19-21-23-25-27-28-30-32-34-36-38-40-42-44-46-48-50-52-58(66)63-55(54-70-62-61(69)60(68)59(67)57(53-64)71-62)56(65)51-49-47-45-43-41-39-37-35-33-31-29-26-24-22-20-18-16-14-12-10-8-6-4-2/h15,17,21,23,55-57,59-62,64-65,67-69H,3-14,16,18-20,22,24-54H2,1-2H3,(H,63,66)/b17-15-,23-21-. The first kappa shape index (κ1) is 67.7. The molecule has 420 valence electrons. The lowest BCUT2D eigenvalue weighted by Gasteiger charge is -2.40. The Balaban J connectivity index is 2.17. The minimum absolute atomic E-state index is 0.135. The average Bonchev–Trinajstić information content (AvgIpc) is 3.37. The van der Waals surface area contributed by atoms with E-state index in [0.717, 1.165) is 44.9 Å². The van der Waals surface area contributed by atoms with Gasteiger partial charge in [-0.3, -0.25) is 4.79 Å². The molecule has 1 aliphatic heterocycles. The van der Waals surface area contributed by atoms with Crippen molar-refractivity contribution in [1.82, 2.24) is 5.32 Å². The maximum atomic E-state index is 13.1. The third-order valence-electron chi connectivity index (χ3n) is 15.1. The zero-order chi connectivity index (χ0) is 51.5. The van der Waals surface area contributed by atoms with Crippen LogP contribution >= 0.6 is 0 Å². The van der Waals surface area contributed by atoms with E-state index in [1.165, 1.54) is 238 Å². The van der Waals surface area contributed by atoms with E-state index in [-0.39, 0.29) is 12.5 Å². The second kappa shape index (κ2) is 52.1. The number of amides is 1. The molecule has 0 aliphatic carbocycles. The molecule has 0 aromatic carbocycles. The van der Waals surface area contributed by atoms with E-state index in [0.29, 0.717) is 12.8 Å². The van der Waals surface area contributed by atoms with Gasteiger partial charge in [-0.25, -0.2) is 0 Å². The molecule has 7 atom stereocenters. The Hall–Kier alpha value is -1.33. The van der Waals surface area contributed by atoms with Gasteiger partial charge in [-0.15, -0.1) is 0 Å². The molecular weight excluding hydrogens is 887 g/mol. The summed E-state index contributed by atoms with van der Waals surface area (Å²) in [7, 11) is 0. The Morgan fingerprint density at radius 2 is 0.831 bits per heavy atom. The number of unbranched alkanes of at least 4 members (excludes halogenated alkanes) is 40. The van der Waals surface area contributed by atoms with Crippen LogP contribution in [0.25, 0.3) is 0 Å². The Morgan fingerprint density at radius 3 is 1.21 bits per heavy atom. The minimum atomic E-state index is -1.55. The van der Waals surface area contributed by atoms with Gasteiger partial charge in [0.05, 0.1) is 25.4 Å². The van der Waals surface area contributed by atoms with Gasteiger partial charge in [-0.2, -0.15) is 0 Å². The molecule has 0 radical (unpaired) electrons. The molecule has 0 aromatic heterocycles. The van der Waals surface area contributed by atoms with Crippen molar-refractivity contribution in [3.05, 3.63) is 24.3 Å². The zero-order valence-corrected chi connectivity index (χ0v) is 46.8. The van der Waals surface area contributed by atoms with Crippen LogP contribution in [-0.4, -0.2) is 87.5 Å². The topological polar surface area (TPSA) is 149 Å². The van der Waals surface area contributed by atoms with Gasteiger partial charge in [0.2, 0.25) is 5.91 Å². The molecule has 9 nitrogen and oxygen atoms in total. The van der Waals surface area contributed by atoms with Crippen LogP contribution in [0.2, 0.25) is 0 Å². The number of hydrogen-bond acceptors (Lipinski definition) is 8. The van der Waals surface area contributed by atoms with Crippen LogP contribution in [0, 0.1) is 0 Å². The van der Waals surface area contributed by atoms with Crippen molar-refractivity contribution in [1.29, 1.82) is 0 Å². The molecule has 0 spiro atoms. The van der Waals surface area contributed by atoms with E-state index in [4.69, 9.17) is 9.47 Å². The summed E-state index contributed by atoms with van der Waals surface area (Å²) in [6, 6.07) is -0.719. The molecule has 1 amide bonds. The van der Waals surface area contributed by atoms with E-state index >= 15 is 0 Å². The first-order valence-electron chi connectivity index (χ1n) is 31.0. The fourth-order valence-corrected chi connectivity index (χ4v) is 10.1. The number of rotatable bonds is 54. The zero-order valence-electron chi connectivity index (χ0n) is 46.8. The SMILES string of the molecule is CCCCCCC/C=C\C/C=C\CCCCCCCCCCCCCCCC(=O)NC(COC1OC(CO)C(O)C(O)C1O)C(O)CCCCCCCCCCCCCCCCCCCCCCCCC. The molecule has 1 heterocycles. The highest BCUT2D eigenvalue weighted by Crippen LogP contribution is 2.23. The summed E-state index contributed by atoms with van der Waals surface area (Å²) in [5, 5.41) is 54.8. The monoisotopic (exact) mass is 1010 g/mol. The number of hydrogen-bond donors (Lipinski definition) is 6. The second-order valence-electron chi connectivity index (χ2n) is 21.9. The van der Waals surface area contributed by atoms with Crippen molar-refractivity contribution in [3.8, 4) is 0 Å². The smallest absolute Gasteiger partial charge is 0.220 e. The summed E-state index contributed by atoms with van der Waals surface area (Å²) in [6.45, 7) is 3.87. The average molecular weight is 1010 g/mol. The van der Waals surface area contributed by atoms with Crippen LogP contribution in [-0.2, 0) is 14.3 Å². The molecule has 0 bridgehead atoms. The van der Waals surface area contributed by atoms with Gasteiger partial charge in [-0.1, -0.05) is 282 Å². The van der Waals surface area contributed by atoms with E-state index in [9.17, 15) is 30.3 Å². The number of carbonyl (C=O) groups is 1. The van der Waals surface area contributed by atoms with Crippen molar-refractivity contribution >= 4 is 5.91 Å².